The molecule has 0 amide bonds. The van der Waals surface area contributed by atoms with Gasteiger partial charge in [0.05, 0.1) is 34.7 Å². The highest BCUT2D eigenvalue weighted by atomic mass is 32.2. The zero-order valence-electron chi connectivity index (χ0n) is 16.3. The number of sulfone groups is 1. The molecule has 3 rings (SSSR count). The molecular weight excluding hydrogens is 418 g/mol. The van der Waals surface area contributed by atoms with Crippen molar-refractivity contribution in [2.75, 3.05) is 44.4 Å². The van der Waals surface area contributed by atoms with Crippen LogP contribution in [0.5, 0.6) is 0 Å². The lowest BCUT2D eigenvalue weighted by Gasteiger charge is -2.33. The van der Waals surface area contributed by atoms with Gasteiger partial charge in [-0.15, -0.1) is 0 Å². The fourth-order valence-electron chi connectivity index (χ4n) is 3.27. The van der Waals surface area contributed by atoms with Gasteiger partial charge in [0.1, 0.15) is 11.5 Å². The van der Waals surface area contributed by atoms with Crippen LogP contribution in [0.25, 0.3) is 0 Å². The van der Waals surface area contributed by atoms with Crippen molar-refractivity contribution in [3.63, 3.8) is 0 Å². The third-order valence-electron chi connectivity index (χ3n) is 4.74. The lowest BCUT2D eigenvalue weighted by Crippen LogP contribution is -2.41. The van der Waals surface area contributed by atoms with Crippen molar-refractivity contribution in [2.45, 2.75) is 22.8 Å². The number of hydrogen-bond acceptors (Lipinski definition) is 8. The fraction of sp³-hybridized carbons (Fsp3) is 0.444. The van der Waals surface area contributed by atoms with E-state index in [1.807, 2.05) is 19.1 Å². The Labute approximate surface area is 170 Å². The van der Waals surface area contributed by atoms with E-state index in [0.29, 0.717) is 25.4 Å². The van der Waals surface area contributed by atoms with Crippen LogP contribution in [0.15, 0.2) is 44.5 Å². The van der Waals surface area contributed by atoms with Crippen molar-refractivity contribution in [2.24, 2.45) is 5.14 Å². The van der Waals surface area contributed by atoms with Crippen molar-refractivity contribution in [1.82, 2.24) is 4.90 Å². The Morgan fingerprint density at radius 2 is 1.83 bits per heavy atom. The summed E-state index contributed by atoms with van der Waals surface area (Å²) in [5.74, 6) is 1.55. The number of nitrogens with two attached hydrogens (primary N) is 1. The second kappa shape index (κ2) is 8.44. The molecule has 3 N–H and O–H groups in total. The van der Waals surface area contributed by atoms with Crippen LogP contribution in [0, 0.1) is 6.92 Å². The van der Waals surface area contributed by atoms with Crippen molar-refractivity contribution < 1.29 is 26.0 Å². The van der Waals surface area contributed by atoms with Crippen molar-refractivity contribution in [1.29, 1.82) is 0 Å². The van der Waals surface area contributed by atoms with E-state index in [2.05, 4.69) is 10.2 Å². The first-order valence-electron chi connectivity index (χ1n) is 9.04. The predicted molar refractivity (Wildman–Crippen MR) is 108 cm³/mol. The van der Waals surface area contributed by atoms with E-state index in [1.54, 1.807) is 0 Å². The maximum atomic E-state index is 12.2. The summed E-state index contributed by atoms with van der Waals surface area (Å²) in [7, 11) is -7.71. The molecule has 0 spiro atoms. The number of hydrogen-bond donors (Lipinski definition) is 2. The fourth-order valence-corrected chi connectivity index (χ4v) is 4.77. The zero-order valence-corrected chi connectivity index (χ0v) is 17.9. The highest BCUT2D eigenvalue weighted by Crippen LogP contribution is 2.28. The van der Waals surface area contributed by atoms with E-state index in [4.69, 9.17) is 14.3 Å². The van der Waals surface area contributed by atoms with Crippen molar-refractivity contribution >= 4 is 25.5 Å². The summed E-state index contributed by atoms with van der Waals surface area (Å²) < 4.78 is 58.9. The Hall–Kier alpha value is -1.92. The number of benzene rings is 1. The second-order valence-corrected chi connectivity index (χ2v) is 10.5. The van der Waals surface area contributed by atoms with Gasteiger partial charge in [0.25, 0.3) is 0 Å². The second-order valence-electron chi connectivity index (χ2n) is 6.97. The van der Waals surface area contributed by atoms with Gasteiger partial charge in [-0.2, -0.15) is 0 Å². The molecule has 0 aliphatic carbocycles. The van der Waals surface area contributed by atoms with Gasteiger partial charge in [0.15, 0.2) is 9.84 Å². The van der Waals surface area contributed by atoms with Crippen LogP contribution in [-0.4, -0.2) is 60.8 Å². The summed E-state index contributed by atoms with van der Waals surface area (Å²) in [6.07, 6.45) is 1.02. The number of nitrogens with one attached hydrogen (secondary N) is 1. The summed E-state index contributed by atoms with van der Waals surface area (Å²) in [4.78, 5) is 1.82. The molecule has 1 aromatic heterocycles. The monoisotopic (exact) mass is 443 g/mol. The van der Waals surface area contributed by atoms with Crippen molar-refractivity contribution in [3.05, 3.63) is 41.9 Å². The third kappa shape index (κ3) is 5.37. The lowest BCUT2D eigenvalue weighted by atomic mass is 10.1. The standard InChI is InChI=1S/C18H25N3O6S2/c1-13-3-6-17(27-13)16(21-7-9-26-10-8-21)12-20-15-5-4-14(29(19,24)25)11-18(15)28(2,22)23/h3-6,11,16,20H,7-10,12H2,1-2H3,(H2,19,24,25). The quantitative estimate of drug-likeness (QED) is 0.651. The normalized spacial score (nSPS) is 17.2. The first-order valence-corrected chi connectivity index (χ1v) is 12.5. The van der Waals surface area contributed by atoms with Gasteiger partial charge in [-0.25, -0.2) is 22.0 Å². The first kappa shape index (κ1) is 21.8. The number of nitrogens with zero attached hydrogens (tertiary/aromatic N) is 1. The van der Waals surface area contributed by atoms with Gasteiger partial charge >= 0.3 is 0 Å². The highest BCUT2D eigenvalue weighted by molar-refractivity contribution is 7.91. The van der Waals surface area contributed by atoms with E-state index in [0.717, 1.165) is 36.9 Å². The lowest BCUT2D eigenvalue weighted by molar-refractivity contribution is 0.0143. The number of ether oxygens (including phenoxy) is 1. The van der Waals surface area contributed by atoms with Gasteiger partial charge in [-0.3, -0.25) is 4.90 Å². The molecule has 1 saturated heterocycles. The largest absolute Gasteiger partial charge is 0.465 e. The summed E-state index contributed by atoms with van der Waals surface area (Å²) in [6, 6.07) is 7.42. The number of furan rings is 1. The summed E-state index contributed by atoms with van der Waals surface area (Å²) in [6.45, 7) is 4.87. The van der Waals surface area contributed by atoms with Crippen LogP contribution in [-0.2, 0) is 24.6 Å². The molecule has 0 radical (unpaired) electrons. The summed E-state index contributed by atoms with van der Waals surface area (Å²) >= 11 is 0. The molecule has 1 aliphatic heterocycles. The molecule has 1 aliphatic rings. The molecule has 2 heterocycles. The van der Waals surface area contributed by atoms with E-state index < -0.39 is 19.9 Å². The van der Waals surface area contributed by atoms with Gasteiger partial charge in [0.2, 0.25) is 10.0 Å². The number of aryl methyl sites for hydroxylation is 1. The minimum absolute atomic E-state index is 0.125. The Bertz CT molecular complexity index is 1070. The average Bonchev–Trinajstić information content (AvgIpc) is 3.07. The number of anilines is 1. The van der Waals surface area contributed by atoms with Crippen LogP contribution in [0.1, 0.15) is 17.6 Å². The highest BCUT2D eigenvalue weighted by Gasteiger charge is 2.26. The molecule has 1 atom stereocenters. The maximum Gasteiger partial charge on any atom is 0.238 e. The van der Waals surface area contributed by atoms with Crippen LogP contribution in [0.3, 0.4) is 0 Å². The van der Waals surface area contributed by atoms with Crippen LogP contribution >= 0.6 is 0 Å². The summed E-state index contributed by atoms with van der Waals surface area (Å²) in [5, 5.41) is 8.29. The van der Waals surface area contributed by atoms with Crippen LogP contribution in [0.4, 0.5) is 5.69 Å². The molecule has 2 aromatic rings. The van der Waals surface area contributed by atoms with E-state index in [-0.39, 0.29) is 15.8 Å². The molecule has 1 unspecified atom stereocenters. The molecule has 11 heteroatoms. The molecule has 160 valence electrons. The SMILES string of the molecule is Cc1ccc(C(CNc2ccc(S(N)(=O)=O)cc2S(C)(=O)=O)N2CCOCC2)o1. The van der Waals surface area contributed by atoms with Gasteiger partial charge < -0.3 is 14.5 Å². The number of sulfonamides is 1. The van der Waals surface area contributed by atoms with Gasteiger partial charge in [0, 0.05) is 25.9 Å². The Kier molecular flexibility index (Phi) is 6.34. The molecule has 1 aromatic carbocycles. The zero-order chi connectivity index (χ0) is 21.2. The first-order chi connectivity index (χ1) is 13.6. The number of rotatable bonds is 7. The minimum Gasteiger partial charge on any atom is -0.465 e. The Morgan fingerprint density at radius 1 is 1.14 bits per heavy atom. The Balaban J connectivity index is 1.90. The molecular formula is C18H25N3O6S2. The predicted octanol–water partition coefficient (Wildman–Crippen LogP) is 1.12. The smallest absolute Gasteiger partial charge is 0.238 e. The maximum absolute atomic E-state index is 12.2. The molecule has 0 saturated carbocycles. The Morgan fingerprint density at radius 3 is 2.38 bits per heavy atom. The molecule has 29 heavy (non-hydrogen) atoms. The van der Waals surface area contributed by atoms with E-state index in [9.17, 15) is 16.8 Å². The van der Waals surface area contributed by atoms with Crippen LogP contribution in [0.2, 0.25) is 0 Å². The number of morpholine rings is 1. The van der Waals surface area contributed by atoms with Gasteiger partial charge in [-0.1, -0.05) is 0 Å². The van der Waals surface area contributed by atoms with Crippen molar-refractivity contribution in [3.8, 4) is 0 Å². The van der Waals surface area contributed by atoms with Gasteiger partial charge in [-0.05, 0) is 37.3 Å². The molecule has 9 nitrogen and oxygen atoms in total. The van der Waals surface area contributed by atoms with Crippen LogP contribution < -0.4 is 10.5 Å². The summed E-state index contributed by atoms with van der Waals surface area (Å²) in [5.41, 5.74) is 0.307. The number of primary sulfonamides is 1. The molecule has 0 bridgehead atoms. The molecule has 1 fully saturated rings. The van der Waals surface area contributed by atoms with E-state index >= 15 is 0 Å². The minimum atomic E-state index is -4.02. The third-order valence-corrected chi connectivity index (χ3v) is 6.79. The topological polar surface area (TPSA) is 132 Å². The van der Waals surface area contributed by atoms with E-state index in [1.165, 1.54) is 12.1 Å². The average molecular weight is 444 g/mol.